The summed E-state index contributed by atoms with van der Waals surface area (Å²) in [6, 6.07) is 15.5. The number of aryl methyl sites for hydroxylation is 2. The molecule has 0 radical (unpaired) electrons. The van der Waals surface area contributed by atoms with Gasteiger partial charge in [0, 0.05) is 30.8 Å². The molecule has 2 saturated heterocycles. The maximum atomic E-state index is 13.4. The van der Waals surface area contributed by atoms with Gasteiger partial charge < -0.3 is 14.3 Å². The first-order valence-corrected chi connectivity index (χ1v) is 11.1. The number of rotatable bonds is 4. The summed E-state index contributed by atoms with van der Waals surface area (Å²) in [5.74, 6) is 0.615. The molecule has 164 valence electrons. The van der Waals surface area contributed by atoms with Crippen LogP contribution in [0.25, 0.3) is 11.4 Å². The molecule has 5 rings (SSSR count). The first-order valence-electron chi connectivity index (χ1n) is 11.1. The minimum absolute atomic E-state index is 0.00875. The number of likely N-dealkylation sites (tertiary alicyclic amines) is 1. The molecule has 32 heavy (non-hydrogen) atoms. The molecule has 0 N–H and O–H groups in total. The van der Waals surface area contributed by atoms with E-state index in [0.717, 1.165) is 35.2 Å². The molecule has 7 nitrogen and oxygen atoms in total. The Bertz CT molecular complexity index is 1140. The van der Waals surface area contributed by atoms with Crippen molar-refractivity contribution in [2.24, 2.45) is 5.92 Å². The zero-order valence-corrected chi connectivity index (χ0v) is 18.3. The smallest absolute Gasteiger partial charge is 0.249 e. The van der Waals surface area contributed by atoms with E-state index < -0.39 is 0 Å². The van der Waals surface area contributed by atoms with Crippen LogP contribution in [0, 0.1) is 19.8 Å². The summed E-state index contributed by atoms with van der Waals surface area (Å²) in [6.45, 7) is 5.09. The van der Waals surface area contributed by atoms with E-state index in [1.54, 1.807) is 4.90 Å². The van der Waals surface area contributed by atoms with Crippen LogP contribution in [0.4, 0.5) is 5.69 Å². The molecule has 2 aliphatic heterocycles. The van der Waals surface area contributed by atoms with Gasteiger partial charge in [0.1, 0.15) is 6.04 Å². The van der Waals surface area contributed by atoms with Gasteiger partial charge in [-0.25, -0.2) is 0 Å². The van der Waals surface area contributed by atoms with E-state index in [4.69, 9.17) is 4.52 Å². The van der Waals surface area contributed by atoms with Crippen molar-refractivity contribution in [3.05, 3.63) is 65.5 Å². The summed E-state index contributed by atoms with van der Waals surface area (Å²) in [5.41, 5.74) is 4.03. The Balaban J connectivity index is 1.31. The maximum absolute atomic E-state index is 13.4. The fourth-order valence-electron chi connectivity index (χ4n) is 4.56. The van der Waals surface area contributed by atoms with Gasteiger partial charge in [-0.1, -0.05) is 52.7 Å². The first kappa shape index (κ1) is 20.4. The number of carbonyl (C=O) groups is 2. The van der Waals surface area contributed by atoms with E-state index in [9.17, 15) is 9.59 Å². The van der Waals surface area contributed by atoms with Crippen LogP contribution in [0.3, 0.4) is 0 Å². The van der Waals surface area contributed by atoms with Gasteiger partial charge in [-0.3, -0.25) is 9.59 Å². The van der Waals surface area contributed by atoms with Crippen LogP contribution in [0.2, 0.25) is 0 Å². The second-order valence-electron chi connectivity index (χ2n) is 8.75. The molecule has 3 heterocycles. The molecule has 7 heteroatoms. The number of benzene rings is 2. The minimum Gasteiger partial charge on any atom is -0.337 e. The summed E-state index contributed by atoms with van der Waals surface area (Å²) in [7, 11) is 0. The van der Waals surface area contributed by atoms with Crippen LogP contribution in [0.15, 0.2) is 53.1 Å². The van der Waals surface area contributed by atoms with Crippen LogP contribution in [0.5, 0.6) is 0 Å². The Morgan fingerprint density at radius 3 is 2.44 bits per heavy atom. The Morgan fingerprint density at radius 1 is 1.03 bits per heavy atom. The minimum atomic E-state index is -0.358. The number of hydrogen-bond acceptors (Lipinski definition) is 5. The molecular formula is C25H26N4O3. The van der Waals surface area contributed by atoms with Crippen molar-refractivity contribution in [1.29, 1.82) is 0 Å². The Morgan fingerprint density at radius 2 is 1.72 bits per heavy atom. The SMILES string of the molecule is Cc1ccc(-c2noc([C@@H]3CCCN3C(=O)[C@H]3CC(=O)N(c4ccc(C)cc4)C3)n2)cc1. The molecule has 0 aliphatic carbocycles. The van der Waals surface area contributed by atoms with E-state index in [0.29, 0.717) is 24.8 Å². The summed E-state index contributed by atoms with van der Waals surface area (Å²) < 4.78 is 5.57. The maximum Gasteiger partial charge on any atom is 0.249 e. The molecule has 2 amide bonds. The van der Waals surface area contributed by atoms with Crippen molar-refractivity contribution in [3.8, 4) is 11.4 Å². The van der Waals surface area contributed by atoms with Gasteiger partial charge in [0.25, 0.3) is 0 Å². The second kappa shape index (κ2) is 8.22. The molecule has 1 aromatic heterocycles. The third kappa shape index (κ3) is 3.79. The fourth-order valence-corrected chi connectivity index (χ4v) is 4.56. The number of nitrogens with zero attached hydrogens (tertiary/aromatic N) is 4. The van der Waals surface area contributed by atoms with Crippen molar-refractivity contribution < 1.29 is 14.1 Å². The molecule has 3 aromatic rings. The summed E-state index contributed by atoms with van der Waals surface area (Å²) in [4.78, 5) is 34.1. The Hall–Kier alpha value is -3.48. The molecule has 0 unspecified atom stereocenters. The molecule has 2 aromatic carbocycles. The lowest BCUT2D eigenvalue weighted by molar-refractivity contribution is -0.137. The predicted octanol–water partition coefficient (Wildman–Crippen LogP) is 4.07. The average Bonchev–Trinajstić information content (AvgIpc) is 3.54. The van der Waals surface area contributed by atoms with Gasteiger partial charge in [0.15, 0.2) is 0 Å². The van der Waals surface area contributed by atoms with Crippen molar-refractivity contribution in [3.63, 3.8) is 0 Å². The van der Waals surface area contributed by atoms with Crippen LogP contribution < -0.4 is 4.90 Å². The second-order valence-corrected chi connectivity index (χ2v) is 8.75. The lowest BCUT2D eigenvalue weighted by Gasteiger charge is -2.25. The van der Waals surface area contributed by atoms with E-state index in [1.165, 1.54) is 0 Å². The number of anilines is 1. The van der Waals surface area contributed by atoms with Crippen LogP contribution in [-0.2, 0) is 9.59 Å². The molecular weight excluding hydrogens is 404 g/mol. The average molecular weight is 431 g/mol. The highest BCUT2D eigenvalue weighted by Crippen LogP contribution is 2.35. The zero-order valence-electron chi connectivity index (χ0n) is 18.3. The number of hydrogen-bond donors (Lipinski definition) is 0. The monoisotopic (exact) mass is 430 g/mol. The van der Waals surface area contributed by atoms with E-state index in [1.807, 2.05) is 67.3 Å². The predicted molar refractivity (Wildman–Crippen MR) is 120 cm³/mol. The molecule has 2 aliphatic rings. The third-order valence-corrected chi connectivity index (χ3v) is 6.39. The van der Waals surface area contributed by atoms with Crippen LogP contribution in [-0.4, -0.2) is 39.9 Å². The number of aromatic nitrogens is 2. The van der Waals surface area contributed by atoms with Crippen LogP contribution >= 0.6 is 0 Å². The summed E-state index contributed by atoms with van der Waals surface area (Å²) in [5, 5.41) is 4.14. The van der Waals surface area contributed by atoms with E-state index >= 15 is 0 Å². The highest BCUT2D eigenvalue weighted by Gasteiger charge is 2.42. The number of carbonyl (C=O) groups excluding carboxylic acids is 2. The Labute approximate surface area is 187 Å². The van der Waals surface area contributed by atoms with Gasteiger partial charge in [0.2, 0.25) is 23.5 Å². The lowest BCUT2D eigenvalue weighted by atomic mass is 10.1. The van der Waals surface area contributed by atoms with Gasteiger partial charge in [-0.05, 0) is 38.8 Å². The highest BCUT2D eigenvalue weighted by atomic mass is 16.5. The number of amides is 2. The van der Waals surface area contributed by atoms with Gasteiger partial charge in [-0.2, -0.15) is 4.98 Å². The fraction of sp³-hybridized carbons (Fsp3) is 0.360. The summed E-state index contributed by atoms with van der Waals surface area (Å²) in [6.07, 6.45) is 1.89. The molecule has 0 spiro atoms. The largest absolute Gasteiger partial charge is 0.337 e. The normalized spacial score (nSPS) is 20.9. The van der Waals surface area contributed by atoms with E-state index in [2.05, 4.69) is 10.1 Å². The van der Waals surface area contributed by atoms with Gasteiger partial charge >= 0.3 is 0 Å². The van der Waals surface area contributed by atoms with Gasteiger partial charge in [-0.15, -0.1) is 0 Å². The summed E-state index contributed by atoms with van der Waals surface area (Å²) >= 11 is 0. The Kier molecular flexibility index (Phi) is 5.25. The molecule has 0 saturated carbocycles. The molecule has 2 fully saturated rings. The highest BCUT2D eigenvalue weighted by molar-refractivity contribution is 6.00. The van der Waals surface area contributed by atoms with Crippen molar-refractivity contribution in [2.75, 3.05) is 18.0 Å². The first-order chi connectivity index (χ1) is 15.5. The molecule has 0 bridgehead atoms. The topological polar surface area (TPSA) is 79.5 Å². The van der Waals surface area contributed by atoms with Crippen molar-refractivity contribution in [2.45, 2.75) is 39.2 Å². The quantitative estimate of drug-likeness (QED) is 0.623. The molecule has 2 atom stereocenters. The van der Waals surface area contributed by atoms with E-state index in [-0.39, 0.29) is 30.2 Å². The van der Waals surface area contributed by atoms with Gasteiger partial charge in [0.05, 0.1) is 5.92 Å². The third-order valence-electron chi connectivity index (χ3n) is 6.39. The zero-order chi connectivity index (χ0) is 22.2. The van der Waals surface area contributed by atoms with Crippen LogP contribution in [0.1, 0.15) is 42.3 Å². The standard InChI is InChI=1S/C25H26N4O3/c1-16-5-9-18(10-6-16)23-26-24(32-27-23)21-4-3-13-28(21)25(31)19-14-22(30)29(15-19)20-11-7-17(2)8-12-20/h5-12,19,21H,3-4,13-15H2,1-2H3/t19-,21-/m0/s1. The lowest BCUT2D eigenvalue weighted by Crippen LogP contribution is -2.37. The van der Waals surface area contributed by atoms with Crippen molar-refractivity contribution in [1.82, 2.24) is 15.0 Å². The van der Waals surface area contributed by atoms with Crippen molar-refractivity contribution >= 4 is 17.5 Å².